The zero-order chi connectivity index (χ0) is 26.4. The van der Waals surface area contributed by atoms with Crippen molar-refractivity contribution in [2.24, 2.45) is 0 Å². The standard InChI is InChI=1S/C15H11FN2O.C12H16N4O2/c1-10-17-14-7-2-11(9-19)8-15(14)18(10)13-5-3-12(16)4-6-13;1-13-10-5-3-9(4-6-10)7-16-11(12(17)18-2)14-8-15-16/h2-9H,1H3;3,5,8,13H,4,6-7H2,1-2H3. The Morgan fingerprint density at radius 3 is 2.59 bits per heavy atom. The van der Waals surface area contributed by atoms with E-state index in [1.165, 1.54) is 36.8 Å². The van der Waals surface area contributed by atoms with Crippen LogP contribution in [-0.4, -0.2) is 50.7 Å². The first kappa shape index (κ1) is 25.5. The van der Waals surface area contributed by atoms with Crippen LogP contribution in [0.25, 0.3) is 16.7 Å². The number of aryl methyl sites for hydroxylation is 1. The molecule has 0 saturated carbocycles. The van der Waals surface area contributed by atoms with Gasteiger partial charge in [-0.25, -0.2) is 23.8 Å². The molecule has 2 heterocycles. The minimum Gasteiger partial charge on any atom is -0.463 e. The third-order valence-corrected chi connectivity index (χ3v) is 5.96. The summed E-state index contributed by atoms with van der Waals surface area (Å²) in [4.78, 5) is 30.7. The van der Waals surface area contributed by atoms with Crippen LogP contribution in [0.5, 0.6) is 0 Å². The van der Waals surface area contributed by atoms with Crippen molar-refractivity contribution in [3.63, 3.8) is 0 Å². The fraction of sp³-hybridized carbons (Fsp3) is 0.222. The number of nitrogens with one attached hydrogen (secondary N) is 1. The van der Waals surface area contributed by atoms with Gasteiger partial charge in [0.15, 0.2) is 0 Å². The molecule has 1 aliphatic rings. The van der Waals surface area contributed by atoms with Crippen LogP contribution >= 0.6 is 0 Å². The third kappa shape index (κ3) is 5.80. The average molecular weight is 503 g/mol. The highest BCUT2D eigenvalue weighted by Crippen LogP contribution is 2.22. The van der Waals surface area contributed by atoms with E-state index in [2.05, 4.69) is 31.2 Å². The van der Waals surface area contributed by atoms with Crippen molar-refractivity contribution in [2.75, 3.05) is 14.2 Å². The smallest absolute Gasteiger partial charge is 0.375 e. The number of benzene rings is 2. The summed E-state index contributed by atoms with van der Waals surface area (Å²) in [7, 11) is 3.25. The van der Waals surface area contributed by atoms with Crippen LogP contribution in [0.1, 0.15) is 39.6 Å². The van der Waals surface area contributed by atoms with E-state index >= 15 is 0 Å². The number of aldehydes is 1. The number of methoxy groups -OCH3 is 1. The first-order valence-corrected chi connectivity index (χ1v) is 11.7. The third-order valence-electron chi connectivity index (χ3n) is 5.96. The quantitative estimate of drug-likeness (QED) is 0.312. The van der Waals surface area contributed by atoms with Crippen molar-refractivity contribution in [1.29, 1.82) is 0 Å². The number of aromatic nitrogens is 5. The molecule has 10 heteroatoms. The molecule has 0 fully saturated rings. The van der Waals surface area contributed by atoms with Crippen LogP contribution in [0.2, 0.25) is 0 Å². The number of carbonyl (C=O) groups is 2. The van der Waals surface area contributed by atoms with Gasteiger partial charge in [0.1, 0.15) is 24.3 Å². The predicted octanol–water partition coefficient (Wildman–Crippen LogP) is 4.17. The van der Waals surface area contributed by atoms with Gasteiger partial charge in [0, 0.05) is 24.0 Å². The second-order valence-corrected chi connectivity index (χ2v) is 8.34. The van der Waals surface area contributed by atoms with E-state index < -0.39 is 5.97 Å². The maximum Gasteiger partial charge on any atom is 0.375 e. The molecule has 37 heavy (non-hydrogen) atoms. The second kappa shape index (κ2) is 11.4. The lowest BCUT2D eigenvalue weighted by Crippen LogP contribution is -2.16. The van der Waals surface area contributed by atoms with Crippen LogP contribution in [0.4, 0.5) is 4.39 Å². The fourth-order valence-electron chi connectivity index (χ4n) is 4.04. The van der Waals surface area contributed by atoms with E-state index in [-0.39, 0.29) is 11.6 Å². The van der Waals surface area contributed by atoms with Gasteiger partial charge in [-0.3, -0.25) is 9.36 Å². The van der Waals surface area contributed by atoms with Crippen molar-refractivity contribution in [3.05, 3.63) is 95.2 Å². The maximum atomic E-state index is 13.0. The summed E-state index contributed by atoms with van der Waals surface area (Å²) >= 11 is 0. The molecule has 0 spiro atoms. The van der Waals surface area contributed by atoms with E-state index in [0.717, 1.165) is 41.7 Å². The second-order valence-electron chi connectivity index (χ2n) is 8.34. The van der Waals surface area contributed by atoms with Crippen molar-refractivity contribution in [2.45, 2.75) is 26.3 Å². The van der Waals surface area contributed by atoms with Crippen LogP contribution in [-0.2, 0) is 11.3 Å². The van der Waals surface area contributed by atoms with Crippen LogP contribution in [0, 0.1) is 12.7 Å². The number of imidazole rings is 1. The Labute approximate surface area is 213 Å². The molecule has 4 aromatic rings. The lowest BCUT2D eigenvalue weighted by molar-refractivity contribution is 0.0580. The summed E-state index contributed by atoms with van der Waals surface area (Å²) in [5, 5.41) is 7.18. The van der Waals surface area contributed by atoms with Gasteiger partial charge in [-0.15, -0.1) is 0 Å². The number of hydrogen-bond acceptors (Lipinski definition) is 7. The molecule has 190 valence electrons. The van der Waals surface area contributed by atoms with Crippen LogP contribution in [0.15, 0.2) is 72.2 Å². The molecule has 2 aromatic heterocycles. The summed E-state index contributed by atoms with van der Waals surface area (Å²) in [6.07, 6.45) is 8.20. The van der Waals surface area contributed by atoms with Crippen molar-refractivity contribution in [3.8, 4) is 5.69 Å². The number of halogens is 1. The maximum absolute atomic E-state index is 13.0. The summed E-state index contributed by atoms with van der Waals surface area (Å²) in [6, 6.07) is 11.5. The summed E-state index contributed by atoms with van der Waals surface area (Å²) in [5.41, 5.74) is 5.50. The molecule has 0 saturated heterocycles. The molecule has 5 rings (SSSR count). The molecular weight excluding hydrogens is 475 g/mol. The fourth-order valence-corrected chi connectivity index (χ4v) is 4.04. The van der Waals surface area contributed by atoms with E-state index in [9.17, 15) is 14.0 Å². The van der Waals surface area contributed by atoms with Gasteiger partial charge in [0.2, 0.25) is 5.82 Å². The number of ether oxygens (including phenoxy) is 1. The van der Waals surface area contributed by atoms with E-state index in [0.29, 0.717) is 12.1 Å². The molecule has 0 atom stereocenters. The highest BCUT2D eigenvalue weighted by molar-refractivity contribution is 5.86. The van der Waals surface area contributed by atoms with Gasteiger partial charge >= 0.3 is 5.97 Å². The monoisotopic (exact) mass is 502 g/mol. The van der Waals surface area contributed by atoms with Gasteiger partial charge in [-0.2, -0.15) is 5.10 Å². The van der Waals surface area contributed by atoms with Crippen LogP contribution in [0.3, 0.4) is 0 Å². The Hall–Kier alpha value is -4.60. The van der Waals surface area contributed by atoms with Crippen molar-refractivity contribution in [1.82, 2.24) is 29.6 Å². The molecule has 0 amide bonds. The number of fused-ring (bicyclic) bond motifs is 1. The lowest BCUT2D eigenvalue weighted by atomic mass is 10.0. The molecular formula is C27H27FN6O3. The summed E-state index contributed by atoms with van der Waals surface area (Å²) < 4.78 is 21.1. The SMILES string of the molecule is CNC1=CC=C(Cn2ncnc2C(=O)OC)CC1.Cc1nc2ccc(C=O)cc2n1-c1ccc(F)cc1. The molecule has 1 N–H and O–H groups in total. The molecule has 2 aromatic carbocycles. The van der Waals surface area contributed by atoms with E-state index in [1.807, 2.05) is 30.7 Å². The van der Waals surface area contributed by atoms with Crippen LogP contribution < -0.4 is 5.32 Å². The van der Waals surface area contributed by atoms with Gasteiger partial charge < -0.3 is 10.1 Å². The minimum atomic E-state index is -0.463. The Bertz CT molecular complexity index is 1480. The van der Waals surface area contributed by atoms with Gasteiger partial charge in [0.25, 0.3) is 0 Å². The number of carbonyl (C=O) groups excluding carboxylic acids is 2. The zero-order valence-corrected chi connectivity index (χ0v) is 20.8. The summed E-state index contributed by atoms with van der Waals surface area (Å²) in [5.74, 6) is 0.293. The molecule has 0 radical (unpaired) electrons. The highest BCUT2D eigenvalue weighted by Gasteiger charge is 2.16. The number of hydrogen-bond donors (Lipinski definition) is 1. The molecule has 1 aliphatic carbocycles. The molecule has 9 nitrogen and oxygen atoms in total. The van der Waals surface area contributed by atoms with Gasteiger partial charge in [-0.05, 0) is 73.9 Å². The molecule has 0 bridgehead atoms. The largest absolute Gasteiger partial charge is 0.463 e. The Morgan fingerprint density at radius 2 is 1.95 bits per heavy atom. The van der Waals surface area contributed by atoms with Gasteiger partial charge in [0.05, 0.1) is 24.7 Å². The van der Waals surface area contributed by atoms with E-state index in [1.54, 1.807) is 28.9 Å². The summed E-state index contributed by atoms with van der Waals surface area (Å²) in [6.45, 7) is 2.45. The Kier molecular flexibility index (Phi) is 7.87. The normalized spacial score (nSPS) is 12.8. The number of nitrogens with zero attached hydrogens (tertiary/aromatic N) is 5. The number of esters is 1. The Morgan fingerprint density at radius 1 is 1.16 bits per heavy atom. The molecule has 0 aliphatic heterocycles. The minimum absolute atomic E-state index is 0.238. The topological polar surface area (TPSA) is 104 Å². The number of allylic oxidation sites excluding steroid dienone is 4. The highest BCUT2D eigenvalue weighted by atomic mass is 19.1. The van der Waals surface area contributed by atoms with Gasteiger partial charge in [-0.1, -0.05) is 6.08 Å². The van der Waals surface area contributed by atoms with Crippen molar-refractivity contribution >= 4 is 23.3 Å². The lowest BCUT2D eigenvalue weighted by Gasteiger charge is -2.14. The number of rotatable bonds is 6. The zero-order valence-electron chi connectivity index (χ0n) is 20.8. The Balaban J connectivity index is 0.000000173. The average Bonchev–Trinajstić information content (AvgIpc) is 3.52. The van der Waals surface area contributed by atoms with E-state index in [4.69, 9.17) is 0 Å². The first-order valence-electron chi connectivity index (χ1n) is 11.7. The van der Waals surface area contributed by atoms with Crippen molar-refractivity contribution < 1.29 is 18.7 Å². The predicted molar refractivity (Wildman–Crippen MR) is 137 cm³/mol. The first-order chi connectivity index (χ1) is 17.9. The molecule has 0 unspecified atom stereocenters.